The van der Waals surface area contributed by atoms with Gasteiger partial charge >= 0.3 is 5.97 Å². The van der Waals surface area contributed by atoms with Crippen LogP contribution in [0.1, 0.15) is 34.1 Å². The van der Waals surface area contributed by atoms with Gasteiger partial charge in [0.25, 0.3) is 10.2 Å². The molecule has 0 aliphatic heterocycles. The molecule has 0 aromatic heterocycles. The number of carboxylic acid groups (broad SMARTS) is 1. The summed E-state index contributed by atoms with van der Waals surface area (Å²) in [5, 5.41) is 18.4. The standard InChI is InChI=1S/C10H22N2O5S/c1-9(2,10(3,4)15)11-18(16,17)12(5)7-6-8(13)14/h11,15H,6-7H2,1-5H3,(H,13,14). The normalized spacial score (nSPS) is 13.9. The van der Waals surface area contributed by atoms with Crippen LogP contribution in [-0.4, -0.2) is 53.6 Å². The van der Waals surface area contributed by atoms with E-state index in [0.717, 1.165) is 4.31 Å². The van der Waals surface area contributed by atoms with Crippen molar-refractivity contribution in [3.05, 3.63) is 0 Å². The predicted molar refractivity (Wildman–Crippen MR) is 67.3 cm³/mol. The lowest BCUT2D eigenvalue weighted by atomic mass is 9.87. The third-order valence-corrected chi connectivity index (χ3v) is 4.74. The summed E-state index contributed by atoms with van der Waals surface area (Å²) in [6, 6.07) is 0. The molecule has 0 aromatic carbocycles. The molecule has 0 aliphatic carbocycles. The number of carbonyl (C=O) groups is 1. The Morgan fingerprint density at radius 2 is 1.72 bits per heavy atom. The molecule has 0 bridgehead atoms. The lowest BCUT2D eigenvalue weighted by molar-refractivity contribution is -0.137. The molecule has 0 saturated heterocycles. The Hall–Kier alpha value is -0.700. The smallest absolute Gasteiger partial charge is 0.304 e. The van der Waals surface area contributed by atoms with Crippen molar-refractivity contribution in [1.82, 2.24) is 9.03 Å². The summed E-state index contributed by atoms with van der Waals surface area (Å²) >= 11 is 0. The Morgan fingerprint density at radius 3 is 2.06 bits per heavy atom. The van der Waals surface area contributed by atoms with Gasteiger partial charge in [-0.25, -0.2) is 0 Å². The van der Waals surface area contributed by atoms with Crippen LogP contribution in [0, 0.1) is 0 Å². The van der Waals surface area contributed by atoms with Crippen LogP contribution in [0.2, 0.25) is 0 Å². The maximum atomic E-state index is 11.9. The van der Waals surface area contributed by atoms with Gasteiger partial charge in [0.15, 0.2) is 0 Å². The summed E-state index contributed by atoms with van der Waals surface area (Å²) in [4.78, 5) is 10.4. The monoisotopic (exact) mass is 282 g/mol. The van der Waals surface area contributed by atoms with Gasteiger partial charge in [-0.15, -0.1) is 0 Å². The Balaban J connectivity index is 4.81. The first-order chi connectivity index (χ1) is 7.79. The molecule has 0 aromatic rings. The largest absolute Gasteiger partial charge is 0.481 e. The van der Waals surface area contributed by atoms with E-state index >= 15 is 0 Å². The van der Waals surface area contributed by atoms with E-state index < -0.39 is 27.3 Å². The van der Waals surface area contributed by atoms with Crippen molar-refractivity contribution in [3.8, 4) is 0 Å². The van der Waals surface area contributed by atoms with Crippen molar-refractivity contribution in [2.45, 2.75) is 45.3 Å². The van der Waals surface area contributed by atoms with Crippen LogP contribution < -0.4 is 4.72 Å². The van der Waals surface area contributed by atoms with Crippen LogP contribution >= 0.6 is 0 Å². The Bertz CT molecular complexity index is 397. The minimum Gasteiger partial charge on any atom is -0.481 e. The maximum Gasteiger partial charge on any atom is 0.304 e. The number of aliphatic carboxylic acids is 1. The molecule has 0 unspecified atom stereocenters. The lowest BCUT2D eigenvalue weighted by Gasteiger charge is -2.38. The molecule has 7 nitrogen and oxygen atoms in total. The van der Waals surface area contributed by atoms with Crippen molar-refractivity contribution >= 4 is 16.2 Å². The van der Waals surface area contributed by atoms with Crippen molar-refractivity contribution in [2.24, 2.45) is 0 Å². The summed E-state index contributed by atoms with van der Waals surface area (Å²) in [6.45, 7) is 5.96. The fourth-order valence-electron chi connectivity index (χ4n) is 0.899. The van der Waals surface area contributed by atoms with Crippen molar-refractivity contribution < 1.29 is 23.4 Å². The molecule has 8 heteroatoms. The molecule has 0 fully saturated rings. The van der Waals surface area contributed by atoms with Crippen LogP contribution in [0.15, 0.2) is 0 Å². The fraction of sp³-hybridized carbons (Fsp3) is 0.900. The number of aliphatic hydroxyl groups is 1. The number of nitrogens with zero attached hydrogens (tertiary/aromatic N) is 1. The Kier molecular flexibility index (Phi) is 5.30. The maximum absolute atomic E-state index is 11.9. The van der Waals surface area contributed by atoms with Gasteiger partial charge < -0.3 is 10.2 Å². The van der Waals surface area contributed by atoms with Crippen LogP contribution in [0.25, 0.3) is 0 Å². The van der Waals surface area contributed by atoms with Gasteiger partial charge in [-0.1, -0.05) is 0 Å². The molecule has 3 N–H and O–H groups in total. The van der Waals surface area contributed by atoms with Crippen molar-refractivity contribution in [3.63, 3.8) is 0 Å². The topological polar surface area (TPSA) is 107 Å². The molecule has 0 heterocycles. The third kappa shape index (κ3) is 4.89. The Morgan fingerprint density at radius 1 is 1.28 bits per heavy atom. The first-order valence-electron chi connectivity index (χ1n) is 5.49. The zero-order valence-electron chi connectivity index (χ0n) is 11.4. The van der Waals surface area contributed by atoms with E-state index in [-0.39, 0.29) is 13.0 Å². The first kappa shape index (κ1) is 17.3. The van der Waals surface area contributed by atoms with E-state index in [0.29, 0.717) is 0 Å². The van der Waals surface area contributed by atoms with E-state index in [2.05, 4.69) is 4.72 Å². The fourth-order valence-corrected chi connectivity index (χ4v) is 2.28. The van der Waals surface area contributed by atoms with E-state index in [1.54, 1.807) is 13.8 Å². The predicted octanol–water partition coefficient (Wildman–Crippen LogP) is -0.223. The van der Waals surface area contributed by atoms with Crippen molar-refractivity contribution in [1.29, 1.82) is 0 Å². The SMILES string of the molecule is CN(CCC(=O)O)S(=O)(=O)NC(C)(C)C(C)(C)O. The molecule has 0 saturated carbocycles. The van der Waals surface area contributed by atoms with E-state index in [1.807, 2.05) is 0 Å². The first-order valence-corrected chi connectivity index (χ1v) is 6.93. The van der Waals surface area contributed by atoms with E-state index in [1.165, 1.54) is 20.9 Å². The highest BCUT2D eigenvalue weighted by Gasteiger charge is 2.39. The van der Waals surface area contributed by atoms with Crippen LogP contribution in [0.3, 0.4) is 0 Å². The summed E-state index contributed by atoms with van der Waals surface area (Å²) in [6.07, 6.45) is -0.277. The van der Waals surface area contributed by atoms with Gasteiger partial charge in [0.2, 0.25) is 0 Å². The van der Waals surface area contributed by atoms with Gasteiger partial charge in [-0.2, -0.15) is 17.4 Å². The third-order valence-electron chi connectivity index (χ3n) is 2.96. The molecule has 18 heavy (non-hydrogen) atoms. The number of rotatable bonds is 7. The molecular formula is C10H22N2O5S. The average Bonchev–Trinajstić information content (AvgIpc) is 2.10. The van der Waals surface area contributed by atoms with Gasteiger partial charge in [0.05, 0.1) is 17.6 Å². The molecule has 0 rings (SSSR count). The van der Waals surface area contributed by atoms with E-state index in [4.69, 9.17) is 5.11 Å². The molecule has 0 radical (unpaired) electrons. The van der Waals surface area contributed by atoms with Crippen LogP contribution in [-0.2, 0) is 15.0 Å². The van der Waals surface area contributed by atoms with Crippen molar-refractivity contribution in [2.75, 3.05) is 13.6 Å². The summed E-state index contributed by atoms with van der Waals surface area (Å²) < 4.78 is 27.1. The minimum atomic E-state index is -3.84. The zero-order valence-corrected chi connectivity index (χ0v) is 12.2. The summed E-state index contributed by atoms with van der Waals surface area (Å²) in [7, 11) is -2.55. The second kappa shape index (κ2) is 5.52. The summed E-state index contributed by atoms with van der Waals surface area (Å²) in [5.41, 5.74) is -2.34. The number of nitrogens with one attached hydrogen (secondary N) is 1. The molecule has 0 atom stereocenters. The second-order valence-corrected chi connectivity index (χ2v) is 7.03. The number of hydrogen-bond acceptors (Lipinski definition) is 4. The van der Waals surface area contributed by atoms with Gasteiger partial charge in [0.1, 0.15) is 0 Å². The molecule has 0 aliphatic rings. The average molecular weight is 282 g/mol. The molecule has 0 amide bonds. The van der Waals surface area contributed by atoms with Crippen LogP contribution in [0.4, 0.5) is 0 Å². The Labute approximate surface area is 108 Å². The highest BCUT2D eigenvalue weighted by atomic mass is 32.2. The van der Waals surface area contributed by atoms with Gasteiger partial charge in [0, 0.05) is 13.6 Å². The molecule has 108 valence electrons. The second-order valence-electron chi connectivity index (χ2n) is 5.26. The molecular weight excluding hydrogens is 260 g/mol. The highest BCUT2D eigenvalue weighted by molar-refractivity contribution is 7.87. The lowest BCUT2D eigenvalue weighted by Crippen LogP contribution is -2.60. The quantitative estimate of drug-likeness (QED) is 0.598. The highest BCUT2D eigenvalue weighted by Crippen LogP contribution is 2.22. The minimum absolute atomic E-state index is 0.132. The zero-order chi connectivity index (χ0) is 14.8. The van der Waals surface area contributed by atoms with Crippen LogP contribution in [0.5, 0.6) is 0 Å². The number of hydrogen-bond donors (Lipinski definition) is 3. The van der Waals surface area contributed by atoms with E-state index in [9.17, 15) is 18.3 Å². The van der Waals surface area contributed by atoms with Gasteiger partial charge in [-0.3, -0.25) is 4.79 Å². The van der Waals surface area contributed by atoms with Gasteiger partial charge in [-0.05, 0) is 27.7 Å². The number of carboxylic acids is 1. The molecule has 0 spiro atoms. The summed E-state index contributed by atoms with van der Waals surface area (Å²) in [5.74, 6) is -1.07.